The molecule has 0 spiro atoms. The quantitative estimate of drug-likeness (QED) is 0.161. The first-order chi connectivity index (χ1) is 24.4. The van der Waals surface area contributed by atoms with Gasteiger partial charge in [0.25, 0.3) is 0 Å². The molecular formula is C38H58As2F6N2O6S2. The van der Waals surface area contributed by atoms with E-state index in [-0.39, 0.29) is 11.4 Å². The number of hydrogen-bond acceptors (Lipinski definition) is 8. The van der Waals surface area contributed by atoms with E-state index in [0.717, 1.165) is 16.6 Å². The fourth-order valence-corrected chi connectivity index (χ4v) is 24.4. The average Bonchev–Trinajstić information content (AvgIpc) is 2.91. The van der Waals surface area contributed by atoms with Gasteiger partial charge in [-0.1, -0.05) is 0 Å². The second-order valence-electron chi connectivity index (χ2n) is 20.4. The normalized spacial score (nSPS) is 18.7. The Balaban J connectivity index is 2.80. The van der Waals surface area contributed by atoms with E-state index >= 15 is 0 Å². The van der Waals surface area contributed by atoms with Gasteiger partial charge in [0.15, 0.2) is 0 Å². The summed E-state index contributed by atoms with van der Waals surface area (Å²) in [5.41, 5.74) is -12.7. The Bertz CT molecular complexity index is 1820. The van der Waals surface area contributed by atoms with Gasteiger partial charge >= 0.3 is 343 Å². The zero-order valence-corrected chi connectivity index (χ0v) is 41.0. The molecule has 0 radical (unpaired) electrons. The molecular weight excluding hydrogens is 908 g/mol. The van der Waals surface area contributed by atoms with Crippen LogP contribution in [0.25, 0.3) is 0 Å². The second kappa shape index (κ2) is 14.6. The Labute approximate surface area is 341 Å². The molecule has 2 aromatic rings. The van der Waals surface area contributed by atoms with E-state index in [0.29, 0.717) is 22.3 Å². The molecule has 56 heavy (non-hydrogen) atoms. The molecule has 0 atom stereocenters. The van der Waals surface area contributed by atoms with Crippen LogP contribution in [0.5, 0.6) is 0 Å². The molecule has 1 fully saturated rings. The fraction of sp³-hybridized carbons (Fsp3) is 0.684. The fourth-order valence-electron chi connectivity index (χ4n) is 5.84. The first-order valence-corrected chi connectivity index (χ1v) is 25.7. The van der Waals surface area contributed by atoms with Crippen LogP contribution in [-0.4, -0.2) is 58.7 Å². The third-order valence-corrected chi connectivity index (χ3v) is 26.1. The van der Waals surface area contributed by atoms with Crippen molar-refractivity contribution in [2.45, 2.75) is 168 Å². The molecule has 0 aromatic heterocycles. The van der Waals surface area contributed by atoms with E-state index in [2.05, 4.69) is 0 Å². The maximum absolute atomic E-state index is 14.4. The molecule has 1 aliphatic heterocycles. The number of nitrogens with zero attached hydrogens (tertiary/aromatic N) is 2. The third kappa shape index (κ3) is 9.94. The Morgan fingerprint density at radius 2 is 0.607 bits per heavy atom. The molecule has 320 valence electrons. The number of rotatable bonds is 6. The SMILES string of the molecule is CC(C)(C)c1cc(C(C)(C)C)c(N2[As](OS(=O)(=O)C(F)(F)F)N(c3c(C(C)(C)C)cc(C(C)(C)C)cc3C(C)(C)C)[As]2OS(=O)(=O)C(F)(F)F)c(C(C)(C)C)c1. The summed E-state index contributed by atoms with van der Waals surface area (Å²) in [4.78, 5) is 0. The van der Waals surface area contributed by atoms with E-state index in [4.69, 9.17) is 6.34 Å². The van der Waals surface area contributed by atoms with Crippen molar-refractivity contribution in [3.63, 3.8) is 0 Å². The van der Waals surface area contributed by atoms with Crippen LogP contribution in [-0.2, 0) is 59.1 Å². The number of hydrogen-bond donors (Lipinski definition) is 0. The van der Waals surface area contributed by atoms with Crippen molar-refractivity contribution >= 4 is 62.5 Å². The standard InChI is InChI=1S/C38H58As2F6N2O6S2/c1-31(2,3)23-19-25(33(7,8)9)29(26(20-23)34(10,11)12)47-39(53-55(49,50)37(41,42)43)48(40(47)54-56(51,52)38(44,45)46)30-27(35(13,14)15)21-24(32(4,5)6)22-28(30)36(16,17)18/h19-22H,1-18H3. The molecule has 0 unspecified atom stereocenters. The summed E-state index contributed by atoms with van der Waals surface area (Å²) in [5.74, 6) is 0. The van der Waals surface area contributed by atoms with E-state index in [1.807, 2.05) is 41.5 Å². The van der Waals surface area contributed by atoms with Crippen molar-refractivity contribution < 1.29 is 49.5 Å². The number of anilines is 2. The molecule has 0 amide bonds. The Hall–Kier alpha value is -1.44. The molecule has 0 bridgehead atoms. The van der Waals surface area contributed by atoms with Crippen LogP contribution >= 0.6 is 0 Å². The zero-order chi connectivity index (χ0) is 44.2. The topological polar surface area (TPSA) is 93.2 Å². The van der Waals surface area contributed by atoms with Crippen molar-refractivity contribution in [3.05, 3.63) is 57.6 Å². The van der Waals surface area contributed by atoms with Gasteiger partial charge in [-0.05, 0) is 0 Å². The van der Waals surface area contributed by atoms with E-state index in [1.54, 1.807) is 107 Å². The average molecular weight is 967 g/mol. The summed E-state index contributed by atoms with van der Waals surface area (Å²) in [7, 11) is -12.8. The van der Waals surface area contributed by atoms with Gasteiger partial charge in [0.1, 0.15) is 0 Å². The van der Waals surface area contributed by atoms with Crippen LogP contribution in [0, 0.1) is 0 Å². The molecule has 8 nitrogen and oxygen atoms in total. The second-order valence-corrected chi connectivity index (χ2v) is 33.7. The summed E-state index contributed by atoms with van der Waals surface area (Å²) < 4.78 is 152. The summed E-state index contributed by atoms with van der Waals surface area (Å²) in [6, 6.07) is 7.18. The van der Waals surface area contributed by atoms with Crippen molar-refractivity contribution in [2.75, 3.05) is 5.47 Å². The predicted octanol–water partition coefficient (Wildman–Crippen LogP) is 10.5. The Morgan fingerprint density at radius 3 is 0.750 bits per heavy atom. The zero-order valence-electron chi connectivity index (χ0n) is 35.6. The van der Waals surface area contributed by atoms with Crippen molar-refractivity contribution in [3.8, 4) is 0 Å². The maximum atomic E-state index is 14.4. The van der Waals surface area contributed by atoms with Crippen molar-refractivity contribution in [1.29, 1.82) is 0 Å². The molecule has 2 aromatic carbocycles. The van der Waals surface area contributed by atoms with Crippen LogP contribution in [0.3, 0.4) is 0 Å². The molecule has 3 rings (SSSR count). The van der Waals surface area contributed by atoms with Crippen LogP contribution in [0.2, 0.25) is 0 Å². The van der Waals surface area contributed by atoms with Gasteiger partial charge < -0.3 is 0 Å². The van der Waals surface area contributed by atoms with Gasteiger partial charge in [0, 0.05) is 0 Å². The van der Waals surface area contributed by atoms with E-state index < -0.39 is 94.6 Å². The summed E-state index contributed by atoms with van der Waals surface area (Å²) in [6.07, 6.45) is 0. The molecule has 0 saturated carbocycles. The van der Waals surface area contributed by atoms with Gasteiger partial charge in [-0.2, -0.15) is 0 Å². The first-order valence-electron chi connectivity index (χ1n) is 18.0. The molecule has 1 saturated heterocycles. The van der Waals surface area contributed by atoms with Crippen LogP contribution in [0.1, 0.15) is 158 Å². The molecule has 1 aliphatic rings. The van der Waals surface area contributed by atoms with E-state index in [9.17, 15) is 43.2 Å². The summed E-state index contributed by atoms with van der Waals surface area (Å²) in [5, 5.41) is 0. The van der Waals surface area contributed by atoms with Crippen molar-refractivity contribution in [1.82, 2.24) is 0 Å². The monoisotopic (exact) mass is 966 g/mol. The minimum absolute atomic E-state index is 0.102. The molecule has 18 heteroatoms. The summed E-state index contributed by atoms with van der Waals surface area (Å²) >= 11 is -9.13. The van der Waals surface area contributed by atoms with Gasteiger partial charge in [-0.25, -0.2) is 0 Å². The molecule has 0 aliphatic carbocycles. The Morgan fingerprint density at radius 1 is 0.411 bits per heavy atom. The Kier molecular flexibility index (Phi) is 12.8. The first kappa shape index (κ1) is 48.9. The van der Waals surface area contributed by atoms with Crippen LogP contribution in [0.4, 0.5) is 37.7 Å². The van der Waals surface area contributed by atoms with Gasteiger partial charge in [-0.15, -0.1) is 0 Å². The van der Waals surface area contributed by atoms with Crippen LogP contribution < -0.4 is 5.47 Å². The van der Waals surface area contributed by atoms with Crippen LogP contribution in [0.15, 0.2) is 24.3 Å². The summed E-state index contributed by atoms with van der Waals surface area (Å²) in [6.45, 7) is 33.3. The third-order valence-electron chi connectivity index (χ3n) is 9.13. The van der Waals surface area contributed by atoms with Gasteiger partial charge in [-0.3, -0.25) is 0 Å². The predicted molar refractivity (Wildman–Crippen MR) is 214 cm³/mol. The number of halogens is 6. The minimum atomic E-state index is -6.41. The molecule has 0 N–H and O–H groups in total. The number of benzene rings is 2. The van der Waals surface area contributed by atoms with Gasteiger partial charge in [0.05, 0.1) is 0 Å². The van der Waals surface area contributed by atoms with Gasteiger partial charge in [0.2, 0.25) is 0 Å². The number of alkyl halides is 6. The van der Waals surface area contributed by atoms with Crippen molar-refractivity contribution in [2.24, 2.45) is 0 Å². The molecule has 1 heterocycles. The van der Waals surface area contributed by atoms with E-state index in [1.165, 1.54) is 0 Å².